The van der Waals surface area contributed by atoms with E-state index in [1.165, 1.54) is 17.8 Å². The number of thioether (sulfide) groups is 1. The van der Waals surface area contributed by atoms with Crippen LogP contribution in [0.4, 0.5) is 0 Å². The van der Waals surface area contributed by atoms with Gasteiger partial charge in [0.15, 0.2) is 0 Å². The number of furan rings is 1. The summed E-state index contributed by atoms with van der Waals surface area (Å²) in [5.41, 5.74) is 1.99. The summed E-state index contributed by atoms with van der Waals surface area (Å²) in [5.74, 6) is -0.0900. The molecule has 1 saturated heterocycles. The lowest BCUT2D eigenvalue weighted by Gasteiger charge is -2.14. The van der Waals surface area contributed by atoms with Crippen LogP contribution in [0.25, 0.3) is 17.4 Å². The van der Waals surface area contributed by atoms with Crippen LogP contribution in [0.15, 0.2) is 76.1 Å². The monoisotopic (exact) mass is 435 g/mol. The van der Waals surface area contributed by atoms with E-state index >= 15 is 0 Å². The minimum atomic E-state index is -0.997. The summed E-state index contributed by atoms with van der Waals surface area (Å²) in [5, 5.41) is 9.15. The number of benzene rings is 2. The second kappa shape index (κ2) is 8.69. The molecule has 3 aromatic rings. The SMILES string of the molecule is O=C(O)c1cccc(-c2ccc(C=C3SC(=S)N(CCc4ccccc4)C3=O)o2)c1. The van der Waals surface area contributed by atoms with Gasteiger partial charge in [-0.1, -0.05) is 66.4 Å². The van der Waals surface area contributed by atoms with Crippen molar-refractivity contribution in [2.75, 3.05) is 6.54 Å². The molecule has 0 unspecified atom stereocenters. The zero-order chi connectivity index (χ0) is 21.1. The Bertz CT molecular complexity index is 1150. The summed E-state index contributed by atoms with van der Waals surface area (Å²) in [6, 6.07) is 20.0. The molecule has 0 saturated carbocycles. The Balaban J connectivity index is 1.49. The van der Waals surface area contributed by atoms with Crippen molar-refractivity contribution in [3.63, 3.8) is 0 Å². The Morgan fingerprint density at radius 2 is 1.90 bits per heavy atom. The van der Waals surface area contributed by atoms with Crippen LogP contribution in [0.5, 0.6) is 0 Å². The maximum absolute atomic E-state index is 12.8. The van der Waals surface area contributed by atoms with Crippen LogP contribution < -0.4 is 0 Å². The minimum Gasteiger partial charge on any atom is -0.478 e. The Labute approximate surface area is 183 Å². The number of carboxylic acids is 1. The quantitative estimate of drug-likeness (QED) is 0.430. The van der Waals surface area contributed by atoms with Crippen molar-refractivity contribution in [2.45, 2.75) is 6.42 Å². The topological polar surface area (TPSA) is 70.8 Å². The average Bonchev–Trinajstić information content (AvgIpc) is 3.32. The zero-order valence-corrected chi connectivity index (χ0v) is 17.4. The van der Waals surface area contributed by atoms with Gasteiger partial charge in [0.25, 0.3) is 5.91 Å². The normalized spacial score (nSPS) is 15.2. The Hall–Kier alpha value is -3.16. The molecule has 2 aromatic carbocycles. The number of thiocarbonyl (C=S) groups is 1. The van der Waals surface area contributed by atoms with E-state index in [0.29, 0.717) is 32.9 Å². The number of rotatable bonds is 6. The van der Waals surface area contributed by atoms with Crippen molar-refractivity contribution in [3.8, 4) is 11.3 Å². The second-order valence-electron chi connectivity index (χ2n) is 6.66. The molecule has 7 heteroatoms. The van der Waals surface area contributed by atoms with Gasteiger partial charge in [-0.3, -0.25) is 9.69 Å². The molecular weight excluding hydrogens is 418 g/mol. The third-order valence-corrected chi connectivity index (χ3v) is 6.01. The van der Waals surface area contributed by atoms with Crippen molar-refractivity contribution >= 4 is 46.3 Å². The maximum Gasteiger partial charge on any atom is 0.335 e. The van der Waals surface area contributed by atoms with Gasteiger partial charge in [-0.25, -0.2) is 4.79 Å². The van der Waals surface area contributed by atoms with E-state index in [4.69, 9.17) is 21.7 Å². The molecule has 0 aliphatic carbocycles. The summed E-state index contributed by atoms with van der Waals surface area (Å²) < 4.78 is 6.35. The molecule has 5 nitrogen and oxygen atoms in total. The van der Waals surface area contributed by atoms with Gasteiger partial charge in [0, 0.05) is 18.2 Å². The van der Waals surface area contributed by atoms with Gasteiger partial charge in [-0.2, -0.15) is 0 Å². The summed E-state index contributed by atoms with van der Waals surface area (Å²) >= 11 is 6.64. The van der Waals surface area contributed by atoms with E-state index in [9.17, 15) is 9.59 Å². The number of hydrogen-bond donors (Lipinski definition) is 1. The summed E-state index contributed by atoms with van der Waals surface area (Å²) in [6.07, 6.45) is 2.40. The predicted octanol–water partition coefficient (Wildman–Crippen LogP) is 5.09. The molecule has 1 aliphatic rings. The molecule has 1 aliphatic heterocycles. The Kier molecular flexibility index (Phi) is 5.83. The first-order valence-corrected chi connectivity index (χ1v) is 10.5. The van der Waals surface area contributed by atoms with Crippen molar-refractivity contribution < 1.29 is 19.1 Å². The van der Waals surface area contributed by atoms with E-state index in [-0.39, 0.29) is 11.5 Å². The van der Waals surface area contributed by atoms with Gasteiger partial charge < -0.3 is 9.52 Å². The van der Waals surface area contributed by atoms with Crippen LogP contribution in [0.1, 0.15) is 21.7 Å². The van der Waals surface area contributed by atoms with Crippen LogP contribution in [0.2, 0.25) is 0 Å². The lowest BCUT2D eigenvalue weighted by atomic mass is 10.1. The molecule has 30 heavy (non-hydrogen) atoms. The van der Waals surface area contributed by atoms with Gasteiger partial charge in [0.2, 0.25) is 0 Å². The van der Waals surface area contributed by atoms with Crippen molar-refractivity contribution in [2.24, 2.45) is 0 Å². The lowest BCUT2D eigenvalue weighted by molar-refractivity contribution is -0.122. The van der Waals surface area contributed by atoms with Crippen molar-refractivity contribution in [3.05, 3.63) is 88.5 Å². The number of carboxylic acid groups (broad SMARTS) is 1. The summed E-state index contributed by atoms with van der Waals surface area (Å²) in [4.78, 5) is 26.1. The maximum atomic E-state index is 12.8. The number of nitrogens with zero attached hydrogens (tertiary/aromatic N) is 1. The average molecular weight is 436 g/mol. The zero-order valence-electron chi connectivity index (χ0n) is 15.8. The highest BCUT2D eigenvalue weighted by molar-refractivity contribution is 8.26. The third kappa shape index (κ3) is 4.37. The van der Waals surface area contributed by atoms with Gasteiger partial charge in [0.05, 0.1) is 10.5 Å². The Morgan fingerprint density at radius 3 is 2.67 bits per heavy atom. The molecule has 1 amide bonds. The molecule has 1 fully saturated rings. The van der Waals surface area contributed by atoms with Crippen molar-refractivity contribution in [1.82, 2.24) is 4.90 Å². The Morgan fingerprint density at radius 1 is 1.10 bits per heavy atom. The summed E-state index contributed by atoms with van der Waals surface area (Å²) in [7, 11) is 0. The molecule has 0 atom stereocenters. The second-order valence-corrected chi connectivity index (χ2v) is 8.33. The molecule has 2 heterocycles. The van der Waals surface area contributed by atoms with E-state index in [2.05, 4.69) is 0 Å². The fraction of sp³-hybridized carbons (Fsp3) is 0.0870. The number of carbonyl (C=O) groups is 2. The minimum absolute atomic E-state index is 0.133. The van der Waals surface area contributed by atoms with Gasteiger partial charge in [-0.05, 0) is 36.2 Å². The third-order valence-electron chi connectivity index (χ3n) is 4.63. The van der Waals surface area contributed by atoms with E-state index in [1.807, 2.05) is 30.3 Å². The van der Waals surface area contributed by atoms with E-state index < -0.39 is 5.97 Å². The van der Waals surface area contributed by atoms with Crippen LogP contribution in [0.3, 0.4) is 0 Å². The number of aromatic carboxylic acids is 1. The van der Waals surface area contributed by atoms with E-state index in [1.54, 1.807) is 41.3 Å². The van der Waals surface area contributed by atoms with E-state index in [0.717, 1.165) is 12.0 Å². The van der Waals surface area contributed by atoms with Crippen LogP contribution in [0, 0.1) is 0 Å². The fourth-order valence-corrected chi connectivity index (χ4v) is 4.39. The first-order chi connectivity index (χ1) is 14.5. The fourth-order valence-electron chi connectivity index (χ4n) is 3.10. The van der Waals surface area contributed by atoms with Crippen LogP contribution in [-0.2, 0) is 11.2 Å². The molecule has 0 spiro atoms. The van der Waals surface area contributed by atoms with Crippen LogP contribution in [-0.4, -0.2) is 32.7 Å². The predicted molar refractivity (Wildman–Crippen MR) is 121 cm³/mol. The number of hydrogen-bond acceptors (Lipinski definition) is 5. The lowest BCUT2D eigenvalue weighted by Crippen LogP contribution is -2.30. The first kappa shape index (κ1) is 20.1. The van der Waals surface area contributed by atoms with Gasteiger partial charge in [0.1, 0.15) is 15.8 Å². The highest BCUT2D eigenvalue weighted by Gasteiger charge is 2.31. The molecule has 4 rings (SSSR count). The highest BCUT2D eigenvalue weighted by Crippen LogP contribution is 2.33. The highest BCUT2D eigenvalue weighted by atomic mass is 32.2. The first-order valence-electron chi connectivity index (χ1n) is 9.24. The van der Waals surface area contributed by atoms with Gasteiger partial charge >= 0.3 is 5.97 Å². The molecular formula is C23H17NO4S2. The molecule has 150 valence electrons. The molecule has 0 radical (unpaired) electrons. The molecule has 1 N–H and O–H groups in total. The molecule has 1 aromatic heterocycles. The van der Waals surface area contributed by atoms with Crippen molar-refractivity contribution in [1.29, 1.82) is 0 Å². The number of amides is 1. The number of carbonyl (C=O) groups excluding carboxylic acids is 1. The smallest absolute Gasteiger partial charge is 0.335 e. The van der Waals surface area contributed by atoms with Gasteiger partial charge in [-0.15, -0.1) is 0 Å². The molecule has 0 bridgehead atoms. The summed E-state index contributed by atoms with van der Waals surface area (Å²) in [6.45, 7) is 0.525. The standard InChI is InChI=1S/C23H17NO4S2/c25-21-20(30-23(29)24(21)12-11-15-5-2-1-3-6-15)14-18-9-10-19(28-18)16-7-4-8-17(13-16)22(26)27/h1-10,13-14H,11-12H2,(H,26,27). The van der Waals surface area contributed by atoms with Crippen LogP contribution >= 0.6 is 24.0 Å². The largest absolute Gasteiger partial charge is 0.478 e.